The second-order valence-corrected chi connectivity index (χ2v) is 5.17. The van der Waals surface area contributed by atoms with Crippen molar-refractivity contribution in [1.29, 1.82) is 0 Å². The molecule has 1 fully saturated rings. The lowest BCUT2D eigenvalue weighted by molar-refractivity contribution is 0.0808. The number of nitrogens with zero attached hydrogens (tertiary/aromatic N) is 4. The van der Waals surface area contributed by atoms with Gasteiger partial charge in [0.25, 0.3) is 0 Å². The Hall–Kier alpha value is -1.83. The van der Waals surface area contributed by atoms with Crippen molar-refractivity contribution in [2.45, 2.75) is 25.6 Å². The topological polar surface area (TPSA) is 87.2 Å². The minimum Gasteiger partial charge on any atom is -0.389 e. The highest BCUT2D eigenvalue weighted by molar-refractivity contribution is 5.54. The lowest BCUT2D eigenvalue weighted by atomic mass is 10.1. The molecule has 1 aromatic heterocycles. The minimum atomic E-state index is -0.399. The molecule has 1 aromatic carbocycles. The number of tetrazole rings is 1. The highest BCUT2D eigenvalue weighted by Gasteiger charge is 2.30. The second-order valence-electron chi connectivity index (χ2n) is 5.17. The van der Waals surface area contributed by atoms with Crippen LogP contribution < -0.4 is 0 Å². The Morgan fingerprint density at radius 2 is 2.14 bits per heavy atom. The molecule has 1 saturated heterocycles. The second kappa shape index (κ2) is 6.30. The van der Waals surface area contributed by atoms with E-state index < -0.39 is 6.10 Å². The van der Waals surface area contributed by atoms with E-state index in [0.29, 0.717) is 19.0 Å². The van der Waals surface area contributed by atoms with Gasteiger partial charge >= 0.3 is 0 Å². The van der Waals surface area contributed by atoms with Crippen LogP contribution in [0.1, 0.15) is 12.5 Å². The normalized spacial score (nSPS) is 22.0. The van der Waals surface area contributed by atoms with Gasteiger partial charge in [-0.2, -0.15) is 5.21 Å². The van der Waals surface area contributed by atoms with Crippen LogP contribution in [0, 0.1) is 0 Å². The van der Waals surface area contributed by atoms with Gasteiger partial charge in [-0.1, -0.05) is 31.2 Å². The largest absolute Gasteiger partial charge is 0.389 e. The third kappa shape index (κ3) is 3.10. The van der Waals surface area contributed by atoms with Crippen LogP contribution >= 0.6 is 0 Å². The maximum absolute atomic E-state index is 9.94. The zero-order chi connectivity index (χ0) is 14.7. The van der Waals surface area contributed by atoms with Crippen LogP contribution in [-0.2, 0) is 11.3 Å². The Morgan fingerprint density at radius 1 is 1.33 bits per heavy atom. The Balaban J connectivity index is 1.69. The molecule has 7 heteroatoms. The Morgan fingerprint density at radius 3 is 2.71 bits per heavy atom. The smallest absolute Gasteiger partial charge is 0.204 e. The van der Waals surface area contributed by atoms with Crippen molar-refractivity contribution >= 4 is 0 Å². The van der Waals surface area contributed by atoms with Gasteiger partial charge in [0, 0.05) is 12.1 Å². The molecule has 1 aliphatic rings. The molecular formula is C14H19N5O2. The lowest BCUT2D eigenvalue weighted by Crippen LogP contribution is -2.42. The molecule has 112 valence electrons. The molecule has 2 heterocycles. The highest BCUT2D eigenvalue weighted by Crippen LogP contribution is 2.18. The standard InChI is InChI=1S/C14H19N5O2/c1-2-19(12-8-21-9-13(12)20)7-10-3-5-11(6-4-10)14-15-17-18-16-14/h3-6,12-13,20H,2,7-9H2,1H3,(H,15,16,17,18)/t12-,13-/m1/s1. The van der Waals surface area contributed by atoms with E-state index in [9.17, 15) is 5.11 Å². The van der Waals surface area contributed by atoms with Gasteiger partial charge in [-0.05, 0) is 17.3 Å². The fourth-order valence-electron chi connectivity index (χ4n) is 2.62. The molecule has 2 N–H and O–H groups in total. The summed E-state index contributed by atoms with van der Waals surface area (Å²) in [6, 6.07) is 8.14. The summed E-state index contributed by atoms with van der Waals surface area (Å²) in [7, 11) is 0. The molecular weight excluding hydrogens is 270 g/mol. The number of benzene rings is 1. The monoisotopic (exact) mass is 289 g/mol. The van der Waals surface area contributed by atoms with Gasteiger partial charge < -0.3 is 9.84 Å². The summed E-state index contributed by atoms with van der Waals surface area (Å²) in [6.07, 6.45) is -0.399. The SMILES string of the molecule is CCN(Cc1ccc(-c2nn[nH]n2)cc1)[C@@H]1COC[C@H]1O. The highest BCUT2D eigenvalue weighted by atomic mass is 16.5. The van der Waals surface area contributed by atoms with Crippen LogP contribution in [0.3, 0.4) is 0 Å². The van der Waals surface area contributed by atoms with Crippen LogP contribution in [0.25, 0.3) is 11.4 Å². The molecule has 0 radical (unpaired) electrons. The quantitative estimate of drug-likeness (QED) is 0.831. The third-order valence-electron chi connectivity index (χ3n) is 3.84. The molecule has 0 amide bonds. The Kier molecular flexibility index (Phi) is 4.23. The van der Waals surface area contributed by atoms with Gasteiger partial charge in [-0.25, -0.2) is 0 Å². The first-order chi connectivity index (χ1) is 10.3. The van der Waals surface area contributed by atoms with Crippen LogP contribution in [0.2, 0.25) is 0 Å². The molecule has 0 aliphatic carbocycles. The summed E-state index contributed by atoms with van der Waals surface area (Å²) in [6.45, 7) is 4.78. The van der Waals surface area contributed by atoms with E-state index in [4.69, 9.17) is 4.74 Å². The number of aromatic amines is 1. The molecule has 0 spiro atoms. The number of hydrogen-bond acceptors (Lipinski definition) is 6. The molecule has 0 unspecified atom stereocenters. The molecule has 7 nitrogen and oxygen atoms in total. The molecule has 0 bridgehead atoms. The molecule has 1 aliphatic heterocycles. The first-order valence-electron chi connectivity index (χ1n) is 7.10. The number of aliphatic hydroxyl groups excluding tert-OH is 1. The summed E-state index contributed by atoms with van der Waals surface area (Å²) < 4.78 is 5.34. The summed E-state index contributed by atoms with van der Waals surface area (Å²) in [5, 5.41) is 23.9. The first-order valence-corrected chi connectivity index (χ1v) is 7.10. The number of aromatic nitrogens is 4. The minimum absolute atomic E-state index is 0.0758. The van der Waals surface area contributed by atoms with Crippen molar-refractivity contribution in [3.63, 3.8) is 0 Å². The van der Waals surface area contributed by atoms with Gasteiger partial charge in [0.2, 0.25) is 5.82 Å². The van der Waals surface area contributed by atoms with Gasteiger partial charge in [0.05, 0.1) is 25.4 Å². The van der Waals surface area contributed by atoms with Crippen molar-refractivity contribution in [3.8, 4) is 11.4 Å². The summed E-state index contributed by atoms with van der Waals surface area (Å²) in [5.41, 5.74) is 2.11. The zero-order valence-electron chi connectivity index (χ0n) is 11.9. The number of hydrogen-bond donors (Lipinski definition) is 2. The summed E-state index contributed by atoms with van der Waals surface area (Å²) >= 11 is 0. The van der Waals surface area contributed by atoms with Gasteiger partial charge in [0.15, 0.2) is 0 Å². The van der Waals surface area contributed by atoms with Gasteiger partial charge in [-0.15, -0.1) is 10.2 Å². The van der Waals surface area contributed by atoms with E-state index in [2.05, 4.69) is 44.6 Å². The van der Waals surface area contributed by atoms with Crippen LogP contribution in [0.5, 0.6) is 0 Å². The van der Waals surface area contributed by atoms with Crippen LogP contribution in [-0.4, -0.2) is 62.5 Å². The number of ether oxygens (including phenoxy) is 1. The average Bonchev–Trinajstić information content (AvgIpc) is 3.17. The summed E-state index contributed by atoms with van der Waals surface area (Å²) in [5.74, 6) is 0.591. The lowest BCUT2D eigenvalue weighted by Gasteiger charge is -2.28. The van der Waals surface area contributed by atoms with Crippen molar-refractivity contribution < 1.29 is 9.84 Å². The van der Waals surface area contributed by atoms with Crippen molar-refractivity contribution in [3.05, 3.63) is 29.8 Å². The number of rotatable bonds is 5. The molecule has 2 aromatic rings. The van der Waals surface area contributed by atoms with Crippen molar-refractivity contribution in [2.75, 3.05) is 19.8 Å². The maximum Gasteiger partial charge on any atom is 0.204 e. The fraction of sp³-hybridized carbons (Fsp3) is 0.500. The van der Waals surface area contributed by atoms with E-state index in [0.717, 1.165) is 18.7 Å². The van der Waals surface area contributed by atoms with Crippen molar-refractivity contribution in [2.24, 2.45) is 0 Å². The van der Waals surface area contributed by atoms with Crippen LogP contribution in [0.4, 0.5) is 0 Å². The summed E-state index contributed by atoms with van der Waals surface area (Å²) in [4.78, 5) is 2.24. The Labute approximate surface area is 122 Å². The number of nitrogens with one attached hydrogen (secondary N) is 1. The van der Waals surface area contributed by atoms with E-state index >= 15 is 0 Å². The number of H-pyrrole nitrogens is 1. The van der Waals surface area contributed by atoms with Gasteiger partial charge in [0.1, 0.15) is 0 Å². The molecule has 21 heavy (non-hydrogen) atoms. The maximum atomic E-state index is 9.94. The number of aliphatic hydroxyl groups is 1. The van der Waals surface area contributed by atoms with Crippen molar-refractivity contribution in [1.82, 2.24) is 25.5 Å². The van der Waals surface area contributed by atoms with E-state index in [-0.39, 0.29) is 6.04 Å². The van der Waals surface area contributed by atoms with E-state index in [1.807, 2.05) is 12.1 Å². The van der Waals surface area contributed by atoms with E-state index in [1.165, 1.54) is 5.56 Å². The predicted octanol–water partition coefficient (Wildman–Crippen LogP) is 0.448. The molecule has 3 rings (SSSR count). The Bertz CT molecular complexity index is 557. The fourth-order valence-corrected chi connectivity index (χ4v) is 2.62. The van der Waals surface area contributed by atoms with Gasteiger partial charge in [-0.3, -0.25) is 4.90 Å². The zero-order valence-corrected chi connectivity index (χ0v) is 11.9. The average molecular weight is 289 g/mol. The third-order valence-corrected chi connectivity index (χ3v) is 3.84. The molecule has 0 saturated carbocycles. The van der Waals surface area contributed by atoms with E-state index in [1.54, 1.807) is 0 Å². The number of likely N-dealkylation sites (N-methyl/N-ethyl adjacent to an activating group) is 1. The predicted molar refractivity (Wildman–Crippen MR) is 76.3 cm³/mol. The van der Waals surface area contributed by atoms with Crippen LogP contribution in [0.15, 0.2) is 24.3 Å². The first kappa shape index (κ1) is 14.1. The molecule has 2 atom stereocenters.